The molecule has 0 saturated carbocycles. The topological polar surface area (TPSA) is 84.3 Å². The molecule has 0 spiro atoms. The molecule has 2 aliphatic rings. The summed E-state index contributed by atoms with van der Waals surface area (Å²) in [4.78, 5) is 27.6. The SMILES string of the molecule is CSc1ccc(CN2CCC(N3CCN(Cc4ccccc4)CC3)CC2)cc1.O=C(O)C(=O)O. The van der Waals surface area contributed by atoms with Crippen LogP contribution >= 0.6 is 11.8 Å². The van der Waals surface area contributed by atoms with Crippen LogP contribution in [0.4, 0.5) is 0 Å². The van der Waals surface area contributed by atoms with Gasteiger partial charge in [-0.3, -0.25) is 14.7 Å². The number of nitrogens with zero attached hydrogens (tertiary/aromatic N) is 3. The van der Waals surface area contributed by atoms with E-state index in [0.717, 1.165) is 19.1 Å². The van der Waals surface area contributed by atoms with Gasteiger partial charge in [-0.25, -0.2) is 9.59 Å². The van der Waals surface area contributed by atoms with E-state index >= 15 is 0 Å². The molecule has 0 aliphatic carbocycles. The second-order valence-corrected chi connectivity index (χ2v) is 9.64. The molecular formula is C26H35N3O4S. The third kappa shape index (κ3) is 8.43. The van der Waals surface area contributed by atoms with E-state index in [2.05, 4.69) is 75.6 Å². The van der Waals surface area contributed by atoms with Crippen molar-refractivity contribution in [3.05, 3.63) is 65.7 Å². The summed E-state index contributed by atoms with van der Waals surface area (Å²) in [6.07, 6.45) is 4.78. The number of carboxylic acids is 2. The normalized spacial score (nSPS) is 18.1. The van der Waals surface area contributed by atoms with E-state index < -0.39 is 11.9 Å². The van der Waals surface area contributed by atoms with Crippen molar-refractivity contribution in [2.24, 2.45) is 0 Å². The van der Waals surface area contributed by atoms with Gasteiger partial charge in [-0.2, -0.15) is 0 Å². The van der Waals surface area contributed by atoms with Gasteiger partial charge in [-0.05, 0) is 55.4 Å². The van der Waals surface area contributed by atoms with Crippen molar-refractivity contribution in [2.45, 2.75) is 36.9 Å². The zero-order valence-corrected chi connectivity index (χ0v) is 20.6. The fourth-order valence-corrected chi connectivity index (χ4v) is 4.97. The summed E-state index contributed by atoms with van der Waals surface area (Å²) in [6, 6.07) is 20.8. The van der Waals surface area contributed by atoms with Crippen LogP contribution in [-0.2, 0) is 22.7 Å². The second-order valence-electron chi connectivity index (χ2n) is 8.76. The van der Waals surface area contributed by atoms with Crippen LogP contribution in [0.1, 0.15) is 24.0 Å². The fraction of sp³-hybridized carbons (Fsp3) is 0.462. The number of thioether (sulfide) groups is 1. The summed E-state index contributed by atoms with van der Waals surface area (Å²) in [5.74, 6) is -3.65. The minimum atomic E-state index is -1.82. The van der Waals surface area contributed by atoms with E-state index in [-0.39, 0.29) is 0 Å². The van der Waals surface area contributed by atoms with E-state index in [1.54, 1.807) is 0 Å². The number of aliphatic carboxylic acids is 2. The molecule has 0 atom stereocenters. The smallest absolute Gasteiger partial charge is 0.414 e. The zero-order valence-electron chi connectivity index (χ0n) is 19.8. The van der Waals surface area contributed by atoms with E-state index in [9.17, 15) is 0 Å². The largest absolute Gasteiger partial charge is 0.473 e. The van der Waals surface area contributed by atoms with Gasteiger partial charge >= 0.3 is 11.9 Å². The Bertz CT molecular complexity index is 882. The lowest BCUT2D eigenvalue weighted by molar-refractivity contribution is -0.159. The van der Waals surface area contributed by atoms with E-state index in [1.807, 2.05) is 11.8 Å². The molecule has 0 radical (unpaired) electrons. The molecule has 0 amide bonds. The Morgan fingerprint density at radius 2 is 1.26 bits per heavy atom. The van der Waals surface area contributed by atoms with Gasteiger partial charge in [-0.15, -0.1) is 11.8 Å². The average molecular weight is 486 g/mol. The molecular weight excluding hydrogens is 450 g/mol. The highest BCUT2D eigenvalue weighted by molar-refractivity contribution is 7.98. The van der Waals surface area contributed by atoms with Crippen molar-refractivity contribution in [2.75, 3.05) is 45.5 Å². The highest BCUT2D eigenvalue weighted by Gasteiger charge is 2.27. The molecule has 2 saturated heterocycles. The van der Waals surface area contributed by atoms with Crippen molar-refractivity contribution in [1.82, 2.24) is 14.7 Å². The molecule has 2 fully saturated rings. The van der Waals surface area contributed by atoms with E-state index in [4.69, 9.17) is 19.8 Å². The van der Waals surface area contributed by atoms with Gasteiger partial charge in [0.1, 0.15) is 0 Å². The van der Waals surface area contributed by atoms with Crippen LogP contribution in [0.3, 0.4) is 0 Å². The third-order valence-electron chi connectivity index (χ3n) is 6.48. The van der Waals surface area contributed by atoms with Crippen LogP contribution in [0.5, 0.6) is 0 Å². The van der Waals surface area contributed by atoms with Gasteiger partial charge < -0.3 is 10.2 Å². The lowest BCUT2D eigenvalue weighted by Gasteiger charge is -2.42. The minimum absolute atomic E-state index is 0.786. The highest BCUT2D eigenvalue weighted by Crippen LogP contribution is 2.21. The van der Waals surface area contributed by atoms with Crippen LogP contribution < -0.4 is 0 Å². The summed E-state index contributed by atoms with van der Waals surface area (Å²) < 4.78 is 0. The fourth-order valence-electron chi connectivity index (χ4n) is 4.56. The zero-order chi connectivity index (χ0) is 24.3. The molecule has 2 aromatic rings. The number of hydrogen-bond donors (Lipinski definition) is 2. The Balaban J connectivity index is 0.000000481. The average Bonchev–Trinajstić information content (AvgIpc) is 2.86. The lowest BCUT2D eigenvalue weighted by Crippen LogP contribution is -2.52. The summed E-state index contributed by atoms with van der Waals surface area (Å²) >= 11 is 1.82. The van der Waals surface area contributed by atoms with Gasteiger partial charge in [0.05, 0.1) is 0 Å². The van der Waals surface area contributed by atoms with Gasteiger partial charge in [0.15, 0.2) is 0 Å². The first-order valence-corrected chi connectivity index (χ1v) is 13.0. The molecule has 0 aromatic heterocycles. The lowest BCUT2D eigenvalue weighted by atomic mass is 10.0. The van der Waals surface area contributed by atoms with Gasteiger partial charge in [0, 0.05) is 50.2 Å². The van der Waals surface area contributed by atoms with Crippen molar-refractivity contribution < 1.29 is 19.8 Å². The van der Waals surface area contributed by atoms with Crippen LogP contribution in [0, 0.1) is 0 Å². The van der Waals surface area contributed by atoms with Gasteiger partial charge in [0.25, 0.3) is 0 Å². The number of piperidine rings is 1. The highest BCUT2D eigenvalue weighted by atomic mass is 32.2. The Morgan fingerprint density at radius 1 is 0.765 bits per heavy atom. The summed E-state index contributed by atoms with van der Waals surface area (Å²) in [5, 5.41) is 14.8. The van der Waals surface area contributed by atoms with Crippen molar-refractivity contribution in [1.29, 1.82) is 0 Å². The molecule has 34 heavy (non-hydrogen) atoms. The molecule has 184 valence electrons. The molecule has 8 heteroatoms. The maximum Gasteiger partial charge on any atom is 0.414 e. The first-order chi connectivity index (χ1) is 16.4. The van der Waals surface area contributed by atoms with Crippen molar-refractivity contribution in [3.8, 4) is 0 Å². The molecule has 7 nitrogen and oxygen atoms in total. The molecule has 0 unspecified atom stereocenters. The number of carboxylic acid groups (broad SMARTS) is 2. The predicted molar refractivity (Wildman–Crippen MR) is 135 cm³/mol. The minimum Gasteiger partial charge on any atom is -0.473 e. The van der Waals surface area contributed by atoms with Crippen molar-refractivity contribution >= 4 is 23.7 Å². The molecule has 2 N–H and O–H groups in total. The summed E-state index contributed by atoms with van der Waals surface area (Å²) in [5.41, 5.74) is 2.89. The number of likely N-dealkylation sites (tertiary alicyclic amines) is 1. The van der Waals surface area contributed by atoms with Crippen molar-refractivity contribution in [3.63, 3.8) is 0 Å². The summed E-state index contributed by atoms with van der Waals surface area (Å²) in [7, 11) is 0. The van der Waals surface area contributed by atoms with Gasteiger partial charge in [-0.1, -0.05) is 42.5 Å². The maximum absolute atomic E-state index is 9.10. The second kappa shape index (κ2) is 13.5. The Hall–Kier alpha value is -2.39. The van der Waals surface area contributed by atoms with Gasteiger partial charge in [0.2, 0.25) is 0 Å². The Labute approximate surface area is 206 Å². The molecule has 2 aliphatic heterocycles. The number of benzene rings is 2. The first kappa shape index (κ1) is 26.2. The number of hydrogen-bond acceptors (Lipinski definition) is 6. The van der Waals surface area contributed by atoms with E-state index in [0.29, 0.717) is 0 Å². The maximum atomic E-state index is 9.10. The molecule has 0 bridgehead atoms. The predicted octanol–water partition coefficient (Wildman–Crippen LogP) is 3.35. The molecule has 4 rings (SSSR count). The van der Waals surface area contributed by atoms with Crippen LogP contribution in [0.2, 0.25) is 0 Å². The first-order valence-electron chi connectivity index (χ1n) is 11.8. The third-order valence-corrected chi connectivity index (χ3v) is 7.22. The quantitative estimate of drug-likeness (QED) is 0.476. The Kier molecular flexibility index (Phi) is 10.4. The number of rotatable bonds is 6. The van der Waals surface area contributed by atoms with E-state index in [1.165, 1.54) is 68.1 Å². The Morgan fingerprint density at radius 3 is 1.76 bits per heavy atom. The molecule has 2 aromatic carbocycles. The molecule has 2 heterocycles. The number of carbonyl (C=O) groups is 2. The monoisotopic (exact) mass is 485 g/mol. The van der Waals surface area contributed by atoms with Crippen LogP contribution in [0.15, 0.2) is 59.5 Å². The van der Waals surface area contributed by atoms with Crippen LogP contribution in [0.25, 0.3) is 0 Å². The number of piperazine rings is 1. The summed E-state index contributed by atoms with van der Waals surface area (Å²) in [6.45, 7) is 9.54. The standard InChI is InChI=1S/C24H33N3S.C2H2O4/c1-28-24-9-7-22(8-10-24)20-25-13-11-23(12-14-25)27-17-15-26(16-18-27)19-21-5-3-2-4-6-21;3-1(4)2(5)6/h2-10,23H,11-20H2,1H3;(H,3,4)(H,5,6). The van der Waals surface area contributed by atoms with Crippen LogP contribution in [-0.4, -0.2) is 88.4 Å².